The Hall–Kier alpha value is -3.61. The molecule has 0 spiro atoms. The largest absolute Gasteiger partial charge is 0.335 e. The number of hydrogen-bond acceptors (Lipinski definition) is 3. The van der Waals surface area contributed by atoms with Crippen LogP contribution in [-0.4, -0.2) is 28.2 Å². The first-order valence-electron chi connectivity index (χ1n) is 9.03. The molecule has 29 heavy (non-hydrogen) atoms. The zero-order valence-corrected chi connectivity index (χ0v) is 15.7. The molecule has 1 aromatic heterocycles. The van der Waals surface area contributed by atoms with Crippen molar-refractivity contribution in [2.45, 2.75) is 13.5 Å². The maximum absolute atomic E-state index is 13.8. The molecule has 0 unspecified atom stereocenters. The van der Waals surface area contributed by atoms with E-state index in [4.69, 9.17) is 0 Å². The molecule has 3 aromatic rings. The highest BCUT2D eigenvalue weighted by molar-refractivity contribution is 6.04. The number of carbonyl (C=O) groups is 2. The number of amides is 2. The zero-order chi connectivity index (χ0) is 20.8. The second-order valence-electron chi connectivity index (χ2n) is 6.31. The molecule has 0 aliphatic carbocycles. The van der Waals surface area contributed by atoms with Gasteiger partial charge in [-0.2, -0.15) is 0 Å². The molecular weight excluding hydrogens is 376 g/mol. The highest BCUT2D eigenvalue weighted by Crippen LogP contribution is 2.16. The smallest absolute Gasteiger partial charge is 0.274 e. The minimum Gasteiger partial charge on any atom is -0.335 e. The number of nitrogens with one attached hydrogen (secondary N) is 1. The molecule has 2 amide bonds. The number of halogens is 2. The van der Waals surface area contributed by atoms with E-state index < -0.39 is 17.5 Å². The minimum absolute atomic E-state index is 0.0460. The summed E-state index contributed by atoms with van der Waals surface area (Å²) in [5.74, 6) is -2.59. The molecule has 148 valence electrons. The van der Waals surface area contributed by atoms with Crippen LogP contribution in [0.3, 0.4) is 0 Å². The first-order chi connectivity index (χ1) is 14.0. The Morgan fingerprint density at radius 3 is 2.48 bits per heavy atom. The average molecular weight is 395 g/mol. The van der Waals surface area contributed by atoms with Crippen LogP contribution in [0.4, 0.5) is 14.5 Å². The van der Waals surface area contributed by atoms with Gasteiger partial charge in [0.05, 0.1) is 5.69 Å². The van der Waals surface area contributed by atoms with E-state index in [0.717, 1.165) is 17.7 Å². The number of anilines is 1. The second-order valence-corrected chi connectivity index (χ2v) is 6.31. The SMILES string of the molecule is CCN(Cc1ccccc1)C(=O)c1ccnc(C(=O)Nc2ccc(F)cc2F)c1. The Bertz CT molecular complexity index is 1030. The van der Waals surface area contributed by atoms with Crippen molar-refractivity contribution in [3.05, 3.63) is 95.3 Å². The van der Waals surface area contributed by atoms with Gasteiger partial charge in [-0.05, 0) is 36.8 Å². The van der Waals surface area contributed by atoms with E-state index in [1.807, 2.05) is 37.3 Å². The number of nitrogens with zero attached hydrogens (tertiary/aromatic N) is 2. The third kappa shape index (κ3) is 5.01. The third-order valence-electron chi connectivity index (χ3n) is 4.30. The number of benzene rings is 2. The van der Waals surface area contributed by atoms with Crippen LogP contribution in [0.25, 0.3) is 0 Å². The quantitative estimate of drug-likeness (QED) is 0.678. The summed E-state index contributed by atoms with van der Waals surface area (Å²) in [7, 11) is 0. The van der Waals surface area contributed by atoms with Gasteiger partial charge in [0.1, 0.15) is 17.3 Å². The van der Waals surface area contributed by atoms with Crippen LogP contribution in [0.1, 0.15) is 33.3 Å². The van der Waals surface area contributed by atoms with Gasteiger partial charge in [-0.15, -0.1) is 0 Å². The van der Waals surface area contributed by atoms with Crippen molar-refractivity contribution in [2.24, 2.45) is 0 Å². The van der Waals surface area contributed by atoms with E-state index in [9.17, 15) is 18.4 Å². The molecular formula is C22H19F2N3O2. The number of aromatic nitrogens is 1. The first kappa shape index (κ1) is 20.1. The molecule has 1 heterocycles. The topological polar surface area (TPSA) is 62.3 Å². The van der Waals surface area contributed by atoms with Crippen LogP contribution in [0.2, 0.25) is 0 Å². The van der Waals surface area contributed by atoms with Crippen LogP contribution in [0.15, 0.2) is 66.9 Å². The summed E-state index contributed by atoms with van der Waals surface area (Å²) in [6.07, 6.45) is 1.35. The predicted octanol–water partition coefficient (Wildman–Crippen LogP) is 4.27. The van der Waals surface area contributed by atoms with Crippen molar-refractivity contribution in [3.8, 4) is 0 Å². The van der Waals surface area contributed by atoms with Crippen molar-refractivity contribution in [1.29, 1.82) is 0 Å². The Labute approximate surface area is 167 Å². The van der Waals surface area contributed by atoms with Crippen molar-refractivity contribution < 1.29 is 18.4 Å². The summed E-state index contributed by atoms with van der Waals surface area (Å²) in [4.78, 5) is 30.9. The Morgan fingerprint density at radius 1 is 1.03 bits per heavy atom. The lowest BCUT2D eigenvalue weighted by Gasteiger charge is -2.21. The van der Waals surface area contributed by atoms with E-state index in [-0.39, 0.29) is 17.3 Å². The minimum atomic E-state index is -0.898. The second kappa shape index (κ2) is 9.05. The summed E-state index contributed by atoms with van der Waals surface area (Å²) in [6.45, 7) is 2.78. The Balaban J connectivity index is 1.77. The molecule has 0 radical (unpaired) electrons. The van der Waals surface area contributed by atoms with Crippen LogP contribution >= 0.6 is 0 Å². The van der Waals surface area contributed by atoms with E-state index in [2.05, 4.69) is 10.3 Å². The lowest BCUT2D eigenvalue weighted by Crippen LogP contribution is -2.30. The lowest BCUT2D eigenvalue weighted by molar-refractivity contribution is 0.0752. The van der Waals surface area contributed by atoms with Gasteiger partial charge in [-0.25, -0.2) is 8.78 Å². The van der Waals surface area contributed by atoms with Gasteiger partial charge in [-0.3, -0.25) is 14.6 Å². The molecule has 1 N–H and O–H groups in total. The molecule has 0 saturated heterocycles. The lowest BCUT2D eigenvalue weighted by atomic mass is 10.1. The molecule has 0 atom stereocenters. The maximum Gasteiger partial charge on any atom is 0.274 e. The Morgan fingerprint density at radius 2 is 1.79 bits per heavy atom. The normalized spacial score (nSPS) is 10.4. The molecule has 7 heteroatoms. The standard InChI is InChI=1S/C22H19F2N3O2/c1-2-27(14-15-6-4-3-5-7-15)22(29)16-10-11-25-20(12-16)21(28)26-19-9-8-17(23)13-18(19)24/h3-13H,2,14H2,1H3,(H,26,28). The van der Waals surface area contributed by atoms with Gasteiger partial charge in [-0.1, -0.05) is 30.3 Å². The van der Waals surface area contributed by atoms with Crippen molar-refractivity contribution in [1.82, 2.24) is 9.88 Å². The summed E-state index contributed by atoms with van der Waals surface area (Å²) in [5, 5.41) is 2.33. The summed E-state index contributed by atoms with van der Waals surface area (Å²) >= 11 is 0. The van der Waals surface area contributed by atoms with Gasteiger partial charge in [0.25, 0.3) is 11.8 Å². The fraction of sp³-hybridized carbons (Fsp3) is 0.136. The van der Waals surface area contributed by atoms with Gasteiger partial charge >= 0.3 is 0 Å². The fourth-order valence-corrected chi connectivity index (χ4v) is 2.78. The number of carbonyl (C=O) groups excluding carboxylic acids is 2. The van der Waals surface area contributed by atoms with E-state index in [0.29, 0.717) is 24.7 Å². The van der Waals surface area contributed by atoms with Crippen molar-refractivity contribution in [3.63, 3.8) is 0 Å². The van der Waals surface area contributed by atoms with Crippen LogP contribution in [-0.2, 0) is 6.54 Å². The molecule has 0 aliphatic rings. The molecule has 0 bridgehead atoms. The molecule has 0 saturated carbocycles. The predicted molar refractivity (Wildman–Crippen MR) is 105 cm³/mol. The molecule has 3 rings (SSSR count). The van der Waals surface area contributed by atoms with E-state index in [1.54, 1.807) is 4.90 Å². The Kier molecular flexibility index (Phi) is 6.29. The summed E-state index contributed by atoms with van der Waals surface area (Å²) in [5.41, 5.74) is 1.06. The highest BCUT2D eigenvalue weighted by atomic mass is 19.1. The summed E-state index contributed by atoms with van der Waals surface area (Å²) in [6, 6.07) is 15.3. The van der Waals surface area contributed by atoms with Crippen LogP contribution < -0.4 is 5.32 Å². The average Bonchev–Trinajstić information content (AvgIpc) is 2.74. The van der Waals surface area contributed by atoms with Gasteiger partial charge in [0, 0.05) is 30.9 Å². The number of hydrogen-bond donors (Lipinski definition) is 1. The van der Waals surface area contributed by atoms with Crippen LogP contribution in [0, 0.1) is 11.6 Å². The molecule has 2 aromatic carbocycles. The maximum atomic E-state index is 13.8. The third-order valence-corrected chi connectivity index (χ3v) is 4.30. The number of rotatable bonds is 6. The van der Waals surface area contributed by atoms with Crippen LogP contribution in [0.5, 0.6) is 0 Å². The first-order valence-corrected chi connectivity index (χ1v) is 9.03. The zero-order valence-electron chi connectivity index (χ0n) is 15.7. The van der Waals surface area contributed by atoms with Gasteiger partial charge in [0.2, 0.25) is 0 Å². The molecule has 0 fully saturated rings. The monoisotopic (exact) mass is 395 g/mol. The van der Waals surface area contributed by atoms with Gasteiger partial charge < -0.3 is 10.2 Å². The van der Waals surface area contributed by atoms with Gasteiger partial charge in [0.15, 0.2) is 0 Å². The number of pyridine rings is 1. The van der Waals surface area contributed by atoms with Crippen molar-refractivity contribution in [2.75, 3.05) is 11.9 Å². The summed E-state index contributed by atoms with van der Waals surface area (Å²) < 4.78 is 26.8. The van der Waals surface area contributed by atoms with E-state index >= 15 is 0 Å². The highest BCUT2D eigenvalue weighted by Gasteiger charge is 2.18. The fourth-order valence-electron chi connectivity index (χ4n) is 2.78. The van der Waals surface area contributed by atoms with E-state index in [1.165, 1.54) is 18.3 Å². The van der Waals surface area contributed by atoms with Crippen molar-refractivity contribution >= 4 is 17.5 Å². The molecule has 5 nitrogen and oxygen atoms in total. The molecule has 0 aliphatic heterocycles.